The van der Waals surface area contributed by atoms with Gasteiger partial charge in [0.1, 0.15) is 5.75 Å². The Hall–Kier alpha value is -2.41. The lowest BCUT2D eigenvalue weighted by atomic mass is 10.1. The number of ether oxygens (including phenoxy) is 2. The number of nitrogens with zero attached hydrogens (tertiary/aromatic N) is 3. The summed E-state index contributed by atoms with van der Waals surface area (Å²) < 4.78 is 11.0. The number of methoxy groups -OCH3 is 1. The van der Waals surface area contributed by atoms with Gasteiger partial charge in [0.2, 0.25) is 0 Å². The second kappa shape index (κ2) is 10.4. The van der Waals surface area contributed by atoms with Crippen molar-refractivity contribution in [2.45, 2.75) is 20.4 Å². The van der Waals surface area contributed by atoms with Crippen molar-refractivity contribution in [1.82, 2.24) is 15.0 Å². The highest BCUT2D eigenvalue weighted by molar-refractivity contribution is 6.33. The average Bonchev–Trinajstić information content (AvgIpc) is 2.72. The molecule has 0 aliphatic rings. The number of rotatable bonds is 7. The Bertz CT molecular complexity index is 950. The first-order valence-electron chi connectivity index (χ1n) is 9.02. The summed E-state index contributed by atoms with van der Waals surface area (Å²) in [4.78, 5) is 13.3. The molecule has 0 radical (unpaired) electrons. The van der Waals surface area contributed by atoms with Gasteiger partial charge in [0.25, 0.3) is 0 Å². The van der Waals surface area contributed by atoms with Crippen LogP contribution < -0.4 is 15.2 Å². The van der Waals surface area contributed by atoms with Crippen LogP contribution in [0.5, 0.6) is 11.8 Å². The summed E-state index contributed by atoms with van der Waals surface area (Å²) in [5.74, 6) is 2.19. The molecule has 0 bridgehead atoms. The van der Waals surface area contributed by atoms with E-state index in [0.717, 1.165) is 16.9 Å². The molecule has 3 rings (SSSR count). The Balaban J connectivity index is 0.00000300. The van der Waals surface area contributed by atoms with Gasteiger partial charge in [-0.3, -0.25) is 0 Å². The maximum Gasteiger partial charge on any atom is 0.320 e. The first kappa shape index (κ1) is 22.9. The van der Waals surface area contributed by atoms with E-state index in [1.807, 2.05) is 36.4 Å². The third-order valence-electron chi connectivity index (χ3n) is 4.00. The van der Waals surface area contributed by atoms with Crippen LogP contribution in [0.3, 0.4) is 0 Å². The normalized spacial score (nSPS) is 10.6. The molecule has 8 heteroatoms. The molecule has 0 saturated heterocycles. The smallest absolute Gasteiger partial charge is 0.320 e. The molecule has 1 aromatic heterocycles. The number of hydrogen-bond donors (Lipinski definition) is 1. The zero-order valence-corrected chi connectivity index (χ0v) is 18.1. The van der Waals surface area contributed by atoms with Gasteiger partial charge in [-0.2, -0.15) is 9.97 Å². The molecule has 29 heavy (non-hydrogen) atoms. The van der Waals surface area contributed by atoms with Gasteiger partial charge in [0, 0.05) is 17.7 Å². The minimum absolute atomic E-state index is 0. The molecule has 0 fully saturated rings. The molecule has 1 heterocycles. The highest BCUT2D eigenvalue weighted by Gasteiger charge is 2.14. The van der Waals surface area contributed by atoms with Crippen molar-refractivity contribution in [3.63, 3.8) is 0 Å². The molecule has 2 aromatic carbocycles. The molecule has 3 aromatic rings. The quantitative estimate of drug-likeness (QED) is 0.575. The molecular formula is C21H24Cl2N4O2. The summed E-state index contributed by atoms with van der Waals surface area (Å²) in [5.41, 5.74) is 8.19. The number of halogens is 2. The van der Waals surface area contributed by atoms with Crippen LogP contribution in [0.1, 0.15) is 19.4 Å². The van der Waals surface area contributed by atoms with E-state index in [1.165, 1.54) is 7.11 Å². The topological polar surface area (TPSA) is 83.2 Å². The van der Waals surface area contributed by atoms with E-state index in [4.69, 9.17) is 26.8 Å². The summed E-state index contributed by atoms with van der Waals surface area (Å²) in [7, 11) is 1.52. The minimum atomic E-state index is 0. The molecule has 0 amide bonds. The Kier molecular flexibility index (Phi) is 8.20. The monoisotopic (exact) mass is 434 g/mol. The van der Waals surface area contributed by atoms with E-state index < -0.39 is 0 Å². The summed E-state index contributed by atoms with van der Waals surface area (Å²) in [6, 6.07) is 13.4. The van der Waals surface area contributed by atoms with E-state index in [-0.39, 0.29) is 18.4 Å². The lowest BCUT2D eigenvalue weighted by Crippen LogP contribution is -2.04. The number of aromatic nitrogens is 3. The maximum absolute atomic E-state index is 6.36. The van der Waals surface area contributed by atoms with Gasteiger partial charge in [0.15, 0.2) is 11.6 Å². The molecule has 0 aliphatic carbocycles. The van der Waals surface area contributed by atoms with Gasteiger partial charge in [0.05, 0.1) is 18.7 Å². The maximum atomic E-state index is 6.36. The standard InChI is InChI=1S/C21H23ClN4O2.ClH/c1-13(2)12-28-16-7-5-15(6-8-16)19-24-20(26-21(25-19)27-3)17-10-14(11-23)4-9-18(17)22;/h4-10,13H,11-12,23H2,1-3H3;1H. The Morgan fingerprint density at radius 3 is 2.31 bits per heavy atom. The number of nitrogens with two attached hydrogens (primary N) is 1. The van der Waals surface area contributed by atoms with Crippen LogP contribution in [-0.4, -0.2) is 28.7 Å². The van der Waals surface area contributed by atoms with Crippen LogP contribution in [0.25, 0.3) is 22.8 Å². The summed E-state index contributed by atoms with van der Waals surface area (Å²) in [6.45, 7) is 5.28. The van der Waals surface area contributed by atoms with Gasteiger partial charge >= 0.3 is 6.01 Å². The lowest BCUT2D eigenvalue weighted by molar-refractivity contribution is 0.271. The molecule has 0 spiro atoms. The Morgan fingerprint density at radius 2 is 1.69 bits per heavy atom. The second-order valence-electron chi connectivity index (χ2n) is 6.72. The summed E-state index contributed by atoms with van der Waals surface area (Å²) in [6.07, 6.45) is 0. The molecule has 0 saturated carbocycles. The van der Waals surface area contributed by atoms with Crippen LogP contribution in [0.4, 0.5) is 0 Å². The largest absolute Gasteiger partial charge is 0.493 e. The number of benzene rings is 2. The van der Waals surface area contributed by atoms with Crippen LogP contribution in [0.2, 0.25) is 5.02 Å². The van der Waals surface area contributed by atoms with Crippen LogP contribution in [-0.2, 0) is 6.54 Å². The molecule has 0 atom stereocenters. The first-order chi connectivity index (χ1) is 13.5. The van der Waals surface area contributed by atoms with Gasteiger partial charge in [-0.15, -0.1) is 12.4 Å². The molecular weight excluding hydrogens is 411 g/mol. The van der Waals surface area contributed by atoms with Crippen molar-refractivity contribution in [1.29, 1.82) is 0 Å². The van der Waals surface area contributed by atoms with Crippen molar-refractivity contribution < 1.29 is 9.47 Å². The van der Waals surface area contributed by atoms with E-state index >= 15 is 0 Å². The van der Waals surface area contributed by atoms with E-state index in [2.05, 4.69) is 28.8 Å². The van der Waals surface area contributed by atoms with Crippen LogP contribution in [0.15, 0.2) is 42.5 Å². The Labute approximate surface area is 181 Å². The highest BCUT2D eigenvalue weighted by atomic mass is 35.5. The van der Waals surface area contributed by atoms with Crippen molar-refractivity contribution in [2.75, 3.05) is 13.7 Å². The fourth-order valence-corrected chi connectivity index (χ4v) is 2.73. The van der Waals surface area contributed by atoms with Crippen molar-refractivity contribution in [3.05, 3.63) is 53.1 Å². The lowest BCUT2D eigenvalue weighted by Gasteiger charge is -2.10. The van der Waals surface area contributed by atoms with Crippen LogP contribution >= 0.6 is 24.0 Å². The Morgan fingerprint density at radius 1 is 1.00 bits per heavy atom. The minimum Gasteiger partial charge on any atom is -0.493 e. The van der Waals surface area contributed by atoms with Gasteiger partial charge in [-0.25, -0.2) is 4.98 Å². The van der Waals surface area contributed by atoms with E-state index in [0.29, 0.717) is 41.3 Å². The number of hydrogen-bond acceptors (Lipinski definition) is 6. The second-order valence-corrected chi connectivity index (χ2v) is 7.12. The fraction of sp³-hybridized carbons (Fsp3) is 0.286. The van der Waals surface area contributed by atoms with Crippen molar-refractivity contribution >= 4 is 24.0 Å². The third-order valence-corrected chi connectivity index (χ3v) is 4.33. The predicted molar refractivity (Wildman–Crippen MR) is 118 cm³/mol. The molecule has 0 unspecified atom stereocenters. The van der Waals surface area contributed by atoms with Crippen molar-refractivity contribution in [2.24, 2.45) is 11.7 Å². The van der Waals surface area contributed by atoms with E-state index in [1.54, 1.807) is 6.07 Å². The molecule has 154 valence electrons. The first-order valence-corrected chi connectivity index (χ1v) is 9.40. The molecule has 0 aliphatic heterocycles. The summed E-state index contributed by atoms with van der Waals surface area (Å²) in [5, 5.41) is 0.536. The summed E-state index contributed by atoms with van der Waals surface area (Å²) >= 11 is 6.36. The molecule has 2 N–H and O–H groups in total. The van der Waals surface area contributed by atoms with Gasteiger partial charge < -0.3 is 15.2 Å². The zero-order valence-electron chi connectivity index (χ0n) is 16.6. The van der Waals surface area contributed by atoms with Gasteiger partial charge in [-0.05, 0) is 47.9 Å². The average molecular weight is 435 g/mol. The molecule has 6 nitrogen and oxygen atoms in total. The van der Waals surface area contributed by atoms with Gasteiger partial charge in [-0.1, -0.05) is 31.5 Å². The fourth-order valence-electron chi connectivity index (χ4n) is 2.53. The van der Waals surface area contributed by atoms with Crippen molar-refractivity contribution in [3.8, 4) is 34.5 Å². The SMILES string of the molecule is COc1nc(-c2ccc(OCC(C)C)cc2)nc(-c2cc(CN)ccc2Cl)n1.Cl. The third kappa shape index (κ3) is 5.79. The van der Waals surface area contributed by atoms with Crippen LogP contribution in [0, 0.1) is 5.92 Å². The predicted octanol–water partition coefficient (Wildman–Crippen LogP) is 4.78. The zero-order chi connectivity index (χ0) is 20.1. The van der Waals surface area contributed by atoms with E-state index in [9.17, 15) is 0 Å². The highest BCUT2D eigenvalue weighted by Crippen LogP contribution is 2.29.